The number of H-pyrrole nitrogens is 1. The molecule has 1 aliphatic heterocycles. The second-order valence-corrected chi connectivity index (χ2v) is 5.39. The Labute approximate surface area is 125 Å². The van der Waals surface area contributed by atoms with E-state index < -0.39 is 0 Å². The second kappa shape index (κ2) is 5.38. The largest absolute Gasteiger partial charge is 0.381 e. The van der Waals surface area contributed by atoms with Crippen LogP contribution >= 0.6 is 0 Å². The molecule has 3 aromatic rings. The highest BCUT2D eigenvalue weighted by atomic mass is 16.5. The van der Waals surface area contributed by atoms with Gasteiger partial charge in [-0.15, -0.1) is 0 Å². The summed E-state index contributed by atoms with van der Waals surface area (Å²) in [6.07, 6.45) is 6.90. The van der Waals surface area contributed by atoms with Crippen LogP contribution in [0, 0.1) is 0 Å². The standard InChI is InChI=1S/C14H16N6O2/c21-14-11-8-16-20(10-2-6-22-7-3-10)13(11)17-12(18-14)9-19-5-1-4-15-19/h1,4-5,8,10H,2-3,6-7,9H2,(H,17,18,21). The van der Waals surface area contributed by atoms with Crippen molar-refractivity contribution >= 4 is 11.0 Å². The average Bonchev–Trinajstić information content (AvgIpc) is 3.18. The SMILES string of the molecule is O=c1[nH]c(Cn2cccn2)nc2c1cnn2C1CCOCC1. The Hall–Kier alpha value is -2.48. The van der Waals surface area contributed by atoms with E-state index in [1.807, 2.05) is 16.9 Å². The predicted molar refractivity (Wildman–Crippen MR) is 78.6 cm³/mol. The van der Waals surface area contributed by atoms with Crippen LogP contribution < -0.4 is 5.56 Å². The fraction of sp³-hybridized carbons (Fsp3) is 0.429. The van der Waals surface area contributed by atoms with E-state index in [1.165, 1.54) is 0 Å². The third kappa shape index (κ3) is 2.31. The summed E-state index contributed by atoms with van der Waals surface area (Å²) >= 11 is 0. The molecule has 22 heavy (non-hydrogen) atoms. The fourth-order valence-electron chi connectivity index (χ4n) is 2.80. The highest BCUT2D eigenvalue weighted by molar-refractivity contribution is 5.73. The minimum Gasteiger partial charge on any atom is -0.381 e. The Morgan fingerprint density at radius 1 is 1.32 bits per heavy atom. The molecule has 1 N–H and O–H groups in total. The normalized spacial score (nSPS) is 16.4. The number of rotatable bonds is 3. The van der Waals surface area contributed by atoms with Crippen LogP contribution in [0.15, 0.2) is 29.5 Å². The molecule has 0 bridgehead atoms. The molecular formula is C14H16N6O2. The third-order valence-corrected chi connectivity index (χ3v) is 3.92. The zero-order valence-electron chi connectivity index (χ0n) is 12.0. The van der Waals surface area contributed by atoms with Crippen molar-refractivity contribution in [2.75, 3.05) is 13.2 Å². The lowest BCUT2D eigenvalue weighted by Gasteiger charge is -2.22. The summed E-state index contributed by atoms with van der Waals surface area (Å²) in [5.41, 5.74) is 0.475. The van der Waals surface area contributed by atoms with Gasteiger partial charge in [0.25, 0.3) is 5.56 Å². The van der Waals surface area contributed by atoms with Crippen molar-refractivity contribution < 1.29 is 4.74 Å². The van der Waals surface area contributed by atoms with Gasteiger partial charge in [-0.2, -0.15) is 10.2 Å². The Morgan fingerprint density at radius 2 is 2.18 bits per heavy atom. The minimum atomic E-state index is -0.162. The maximum absolute atomic E-state index is 12.2. The van der Waals surface area contributed by atoms with Crippen molar-refractivity contribution in [1.29, 1.82) is 0 Å². The molecule has 0 aliphatic carbocycles. The van der Waals surface area contributed by atoms with Gasteiger partial charge in [-0.3, -0.25) is 9.48 Å². The quantitative estimate of drug-likeness (QED) is 0.769. The molecule has 0 spiro atoms. The van der Waals surface area contributed by atoms with Crippen molar-refractivity contribution in [2.45, 2.75) is 25.4 Å². The van der Waals surface area contributed by atoms with E-state index in [4.69, 9.17) is 4.74 Å². The smallest absolute Gasteiger partial charge is 0.262 e. The molecule has 4 rings (SSSR count). The summed E-state index contributed by atoms with van der Waals surface area (Å²) in [6.45, 7) is 1.86. The highest BCUT2D eigenvalue weighted by Gasteiger charge is 2.20. The number of aromatic amines is 1. The Kier molecular flexibility index (Phi) is 3.23. The Bertz CT molecular complexity index is 829. The van der Waals surface area contributed by atoms with E-state index in [0.29, 0.717) is 23.4 Å². The first-order valence-electron chi connectivity index (χ1n) is 7.33. The molecule has 8 nitrogen and oxygen atoms in total. The molecule has 0 unspecified atom stereocenters. The number of nitrogens with one attached hydrogen (secondary N) is 1. The molecule has 8 heteroatoms. The van der Waals surface area contributed by atoms with E-state index in [9.17, 15) is 4.79 Å². The number of nitrogens with zero attached hydrogens (tertiary/aromatic N) is 5. The molecule has 1 aliphatic rings. The van der Waals surface area contributed by atoms with Gasteiger partial charge in [0.05, 0.1) is 18.8 Å². The summed E-state index contributed by atoms with van der Waals surface area (Å²) in [5.74, 6) is 0.579. The molecule has 1 saturated heterocycles. The second-order valence-electron chi connectivity index (χ2n) is 5.39. The number of fused-ring (bicyclic) bond motifs is 1. The van der Waals surface area contributed by atoms with E-state index in [-0.39, 0.29) is 11.6 Å². The van der Waals surface area contributed by atoms with Gasteiger partial charge in [0, 0.05) is 25.6 Å². The zero-order valence-corrected chi connectivity index (χ0v) is 12.0. The zero-order chi connectivity index (χ0) is 14.9. The van der Waals surface area contributed by atoms with Crippen LogP contribution in [0.3, 0.4) is 0 Å². The van der Waals surface area contributed by atoms with E-state index in [2.05, 4.69) is 20.2 Å². The van der Waals surface area contributed by atoms with Crippen molar-refractivity contribution in [2.24, 2.45) is 0 Å². The molecule has 0 atom stereocenters. The van der Waals surface area contributed by atoms with Gasteiger partial charge in [0.15, 0.2) is 5.65 Å². The van der Waals surface area contributed by atoms with Crippen LogP contribution in [0.5, 0.6) is 0 Å². The first-order chi connectivity index (χ1) is 10.8. The summed E-state index contributed by atoms with van der Waals surface area (Å²) < 4.78 is 8.97. The van der Waals surface area contributed by atoms with Crippen LogP contribution in [-0.4, -0.2) is 42.7 Å². The summed E-state index contributed by atoms with van der Waals surface area (Å²) in [7, 11) is 0. The van der Waals surface area contributed by atoms with Crippen molar-refractivity contribution in [3.63, 3.8) is 0 Å². The molecule has 0 radical (unpaired) electrons. The highest BCUT2D eigenvalue weighted by Crippen LogP contribution is 2.23. The topological polar surface area (TPSA) is 90.6 Å². The molecule has 3 aromatic heterocycles. The minimum absolute atomic E-state index is 0.162. The number of hydrogen-bond acceptors (Lipinski definition) is 5. The van der Waals surface area contributed by atoms with Gasteiger partial charge in [-0.05, 0) is 18.9 Å². The van der Waals surface area contributed by atoms with Crippen LogP contribution in [0.2, 0.25) is 0 Å². The summed E-state index contributed by atoms with van der Waals surface area (Å²) in [6, 6.07) is 2.07. The number of ether oxygens (including phenoxy) is 1. The molecule has 1 fully saturated rings. The van der Waals surface area contributed by atoms with E-state index in [0.717, 1.165) is 26.1 Å². The number of hydrogen-bond donors (Lipinski definition) is 1. The van der Waals surface area contributed by atoms with Crippen molar-refractivity contribution in [3.8, 4) is 0 Å². The molecular weight excluding hydrogens is 284 g/mol. The molecule has 114 valence electrons. The molecule has 4 heterocycles. The van der Waals surface area contributed by atoms with Gasteiger partial charge >= 0.3 is 0 Å². The maximum Gasteiger partial charge on any atom is 0.262 e. The van der Waals surface area contributed by atoms with E-state index >= 15 is 0 Å². The van der Waals surface area contributed by atoms with E-state index in [1.54, 1.807) is 17.1 Å². The Morgan fingerprint density at radius 3 is 2.95 bits per heavy atom. The Balaban J connectivity index is 1.76. The third-order valence-electron chi connectivity index (χ3n) is 3.92. The average molecular weight is 300 g/mol. The van der Waals surface area contributed by atoms with Crippen molar-refractivity contribution in [1.82, 2.24) is 29.5 Å². The van der Waals surface area contributed by atoms with Crippen molar-refractivity contribution in [3.05, 3.63) is 40.8 Å². The lowest BCUT2D eigenvalue weighted by Crippen LogP contribution is -2.22. The lowest BCUT2D eigenvalue weighted by molar-refractivity contribution is 0.0673. The predicted octanol–water partition coefficient (Wildman–Crippen LogP) is 0.716. The monoisotopic (exact) mass is 300 g/mol. The lowest BCUT2D eigenvalue weighted by atomic mass is 10.1. The van der Waals surface area contributed by atoms with Gasteiger partial charge in [-0.25, -0.2) is 9.67 Å². The van der Waals surface area contributed by atoms with Gasteiger partial charge < -0.3 is 9.72 Å². The molecule has 0 aromatic carbocycles. The van der Waals surface area contributed by atoms with Crippen LogP contribution in [0.4, 0.5) is 0 Å². The van der Waals surface area contributed by atoms with Crippen LogP contribution in [0.25, 0.3) is 11.0 Å². The summed E-state index contributed by atoms with van der Waals surface area (Å²) in [5, 5.41) is 9.03. The first-order valence-corrected chi connectivity index (χ1v) is 7.33. The first kappa shape index (κ1) is 13.2. The van der Waals surface area contributed by atoms with Gasteiger partial charge in [-0.1, -0.05) is 0 Å². The number of aromatic nitrogens is 6. The van der Waals surface area contributed by atoms with Gasteiger partial charge in [0.1, 0.15) is 11.2 Å². The maximum atomic E-state index is 12.2. The molecule has 0 saturated carbocycles. The summed E-state index contributed by atoms with van der Waals surface area (Å²) in [4.78, 5) is 19.6. The van der Waals surface area contributed by atoms with Gasteiger partial charge in [0.2, 0.25) is 0 Å². The van der Waals surface area contributed by atoms with Crippen LogP contribution in [0.1, 0.15) is 24.7 Å². The van der Waals surface area contributed by atoms with Crippen LogP contribution in [-0.2, 0) is 11.3 Å². The molecule has 0 amide bonds. The fourth-order valence-corrected chi connectivity index (χ4v) is 2.80.